The first-order valence-corrected chi connectivity index (χ1v) is 4.07. The van der Waals surface area contributed by atoms with Gasteiger partial charge in [-0.25, -0.2) is 4.98 Å². The number of thiocarbonyl (C=S) groups is 1. The Morgan fingerprint density at radius 3 is 3.14 bits per heavy atom. The lowest BCUT2D eigenvalue weighted by molar-refractivity contribution is 1.16. The van der Waals surface area contributed by atoms with Crippen molar-refractivity contribution in [3.05, 3.63) is 16.7 Å². The number of aromatic amines is 2. The molecule has 0 atom stereocenters. The number of aromatic nitrogens is 4. The molecular weight excluding hydrogens is 204 g/mol. The van der Waals surface area contributed by atoms with Crippen LogP contribution >= 0.6 is 12.2 Å². The third-order valence-corrected chi connectivity index (χ3v) is 1.64. The minimum Gasteiger partial charge on any atom is -0.376 e. The zero-order valence-corrected chi connectivity index (χ0v) is 7.68. The van der Waals surface area contributed by atoms with Gasteiger partial charge in [-0.2, -0.15) is 4.98 Å². The maximum absolute atomic E-state index is 11.4. The fraction of sp³-hybridized carbons (Fsp3) is 0. The van der Waals surface area contributed by atoms with Crippen LogP contribution in [0.25, 0.3) is 11.2 Å². The van der Waals surface area contributed by atoms with Crippen LogP contribution in [0.1, 0.15) is 0 Å². The molecule has 7 nitrogen and oxygen atoms in total. The van der Waals surface area contributed by atoms with Crippen LogP contribution in [0, 0.1) is 0 Å². The highest BCUT2D eigenvalue weighted by atomic mass is 32.1. The molecule has 8 heteroatoms. The van der Waals surface area contributed by atoms with Crippen LogP contribution in [0.5, 0.6) is 0 Å². The van der Waals surface area contributed by atoms with Gasteiger partial charge in [-0.15, -0.1) is 0 Å². The fourth-order valence-electron chi connectivity index (χ4n) is 1.02. The van der Waals surface area contributed by atoms with Crippen LogP contribution in [-0.4, -0.2) is 25.0 Å². The number of imidazole rings is 1. The van der Waals surface area contributed by atoms with Gasteiger partial charge in [-0.3, -0.25) is 9.78 Å². The summed E-state index contributed by atoms with van der Waals surface area (Å²) in [5, 5.41) is 2.55. The number of hydrogen-bond donors (Lipinski definition) is 4. The minimum atomic E-state index is -0.328. The average molecular weight is 210 g/mol. The molecule has 0 saturated heterocycles. The molecule has 0 spiro atoms. The van der Waals surface area contributed by atoms with Crippen LogP contribution in [0.2, 0.25) is 0 Å². The highest BCUT2D eigenvalue weighted by Crippen LogP contribution is 2.01. The Morgan fingerprint density at radius 1 is 1.64 bits per heavy atom. The van der Waals surface area contributed by atoms with Crippen LogP contribution in [-0.2, 0) is 0 Å². The minimum absolute atomic E-state index is 0.0306. The van der Waals surface area contributed by atoms with Gasteiger partial charge in [0.05, 0.1) is 6.33 Å². The number of nitrogens with two attached hydrogens (primary N) is 1. The topological polar surface area (TPSA) is 112 Å². The van der Waals surface area contributed by atoms with Crippen LogP contribution in [0.15, 0.2) is 11.1 Å². The van der Waals surface area contributed by atoms with Crippen molar-refractivity contribution in [1.82, 2.24) is 19.9 Å². The Bertz CT molecular complexity index is 542. The molecule has 14 heavy (non-hydrogen) atoms. The lowest BCUT2D eigenvalue weighted by atomic mass is 10.5. The lowest BCUT2D eigenvalue weighted by Gasteiger charge is -2.00. The van der Waals surface area contributed by atoms with E-state index in [1.54, 1.807) is 0 Å². The van der Waals surface area contributed by atoms with E-state index in [-0.39, 0.29) is 16.6 Å². The number of fused-ring (bicyclic) bond motifs is 1. The monoisotopic (exact) mass is 210 g/mol. The Morgan fingerprint density at radius 2 is 2.43 bits per heavy atom. The molecule has 2 heterocycles. The summed E-state index contributed by atoms with van der Waals surface area (Å²) >= 11 is 4.60. The smallest absolute Gasteiger partial charge is 0.278 e. The Balaban J connectivity index is 2.58. The van der Waals surface area contributed by atoms with E-state index in [1.165, 1.54) is 6.33 Å². The van der Waals surface area contributed by atoms with E-state index in [0.717, 1.165) is 0 Å². The SMILES string of the molecule is NC(=S)Nc1nc2nc[nH]c2c(=O)[nH]1. The summed E-state index contributed by atoms with van der Waals surface area (Å²) in [4.78, 5) is 24.3. The molecule has 2 rings (SSSR count). The van der Waals surface area contributed by atoms with E-state index >= 15 is 0 Å². The van der Waals surface area contributed by atoms with E-state index in [4.69, 9.17) is 5.73 Å². The number of nitrogens with one attached hydrogen (secondary N) is 3. The number of anilines is 1. The molecule has 0 aliphatic rings. The summed E-state index contributed by atoms with van der Waals surface area (Å²) in [6.45, 7) is 0. The molecule has 0 aliphatic heterocycles. The predicted molar refractivity (Wildman–Crippen MR) is 54.9 cm³/mol. The Labute approximate surface area is 82.8 Å². The second-order valence-corrected chi connectivity index (χ2v) is 2.94. The van der Waals surface area contributed by atoms with Gasteiger partial charge in [0, 0.05) is 0 Å². The van der Waals surface area contributed by atoms with Gasteiger partial charge in [-0.1, -0.05) is 0 Å². The van der Waals surface area contributed by atoms with Crippen molar-refractivity contribution in [2.24, 2.45) is 5.73 Å². The zero-order chi connectivity index (χ0) is 10.1. The molecule has 72 valence electrons. The summed E-state index contributed by atoms with van der Waals surface area (Å²) in [7, 11) is 0. The maximum atomic E-state index is 11.4. The molecule has 0 unspecified atom stereocenters. The quantitative estimate of drug-likeness (QED) is 0.463. The average Bonchev–Trinajstić information content (AvgIpc) is 2.50. The van der Waals surface area contributed by atoms with Crippen molar-refractivity contribution in [3.8, 4) is 0 Å². The summed E-state index contributed by atoms with van der Waals surface area (Å²) in [5.41, 5.74) is 5.53. The molecule has 0 aromatic carbocycles. The molecule has 0 aliphatic carbocycles. The van der Waals surface area contributed by atoms with E-state index in [2.05, 4.69) is 37.5 Å². The number of nitrogens with zero attached hydrogens (tertiary/aromatic N) is 2. The van der Waals surface area contributed by atoms with Gasteiger partial charge in [-0.05, 0) is 12.2 Å². The van der Waals surface area contributed by atoms with E-state index in [9.17, 15) is 4.79 Å². The van der Waals surface area contributed by atoms with Gasteiger partial charge < -0.3 is 16.0 Å². The van der Waals surface area contributed by atoms with Crippen LogP contribution in [0.3, 0.4) is 0 Å². The van der Waals surface area contributed by atoms with Crippen molar-refractivity contribution in [2.75, 3.05) is 5.32 Å². The second-order valence-electron chi connectivity index (χ2n) is 2.50. The fourth-order valence-corrected chi connectivity index (χ4v) is 1.12. The molecule has 0 bridgehead atoms. The van der Waals surface area contributed by atoms with Gasteiger partial charge >= 0.3 is 0 Å². The molecule has 0 amide bonds. The largest absolute Gasteiger partial charge is 0.376 e. The first-order chi connectivity index (χ1) is 6.66. The molecule has 2 aromatic rings. The Hall–Kier alpha value is -1.96. The van der Waals surface area contributed by atoms with Crippen molar-refractivity contribution < 1.29 is 0 Å². The van der Waals surface area contributed by atoms with Crippen LogP contribution < -0.4 is 16.6 Å². The van der Waals surface area contributed by atoms with Crippen molar-refractivity contribution >= 4 is 34.4 Å². The molecule has 0 radical (unpaired) electrons. The molecular formula is C6H6N6OS. The highest BCUT2D eigenvalue weighted by molar-refractivity contribution is 7.80. The van der Waals surface area contributed by atoms with Crippen LogP contribution in [0.4, 0.5) is 5.95 Å². The van der Waals surface area contributed by atoms with E-state index in [1.807, 2.05) is 0 Å². The zero-order valence-electron chi connectivity index (χ0n) is 6.87. The predicted octanol–water partition coefficient (Wildman–Crippen LogP) is -0.698. The number of rotatable bonds is 1. The molecule has 5 N–H and O–H groups in total. The molecule has 2 aromatic heterocycles. The van der Waals surface area contributed by atoms with Gasteiger partial charge in [0.1, 0.15) is 0 Å². The first-order valence-electron chi connectivity index (χ1n) is 3.66. The molecule has 0 saturated carbocycles. The van der Waals surface area contributed by atoms with E-state index < -0.39 is 0 Å². The maximum Gasteiger partial charge on any atom is 0.278 e. The first kappa shape index (κ1) is 8.63. The number of H-pyrrole nitrogens is 2. The van der Waals surface area contributed by atoms with Crippen molar-refractivity contribution in [3.63, 3.8) is 0 Å². The second kappa shape index (κ2) is 3.07. The standard InChI is InChI=1S/C6H6N6OS/c7-5(14)12-6-10-3-2(4(13)11-6)8-1-9-3/h1H,(H5,7,8,9,10,11,12,13,14). The van der Waals surface area contributed by atoms with Gasteiger partial charge in [0.2, 0.25) is 5.95 Å². The third-order valence-electron chi connectivity index (χ3n) is 1.54. The number of hydrogen-bond acceptors (Lipinski definition) is 4. The Kier molecular flexibility index (Phi) is 1.89. The van der Waals surface area contributed by atoms with Gasteiger partial charge in [0.15, 0.2) is 16.3 Å². The normalized spacial score (nSPS) is 10.3. The third kappa shape index (κ3) is 1.42. The van der Waals surface area contributed by atoms with Crippen molar-refractivity contribution in [1.29, 1.82) is 0 Å². The van der Waals surface area contributed by atoms with Gasteiger partial charge in [0.25, 0.3) is 5.56 Å². The van der Waals surface area contributed by atoms with Crippen molar-refractivity contribution in [2.45, 2.75) is 0 Å². The molecule has 0 fully saturated rings. The summed E-state index contributed by atoms with van der Waals surface area (Å²) in [6, 6.07) is 0. The van der Waals surface area contributed by atoms with E-state index in [0.29, 0.717) is 11.2 Å². The summed E-state index contributed by atoms with van der Waals surface area (Å²) in [6.07, 6.45) is 1.39. The summed E-state index contributed by atoms with van der Waals surface area (Å²) in [5.74, 6) is 0.183. The highest BCUT2D eigenvalue weighted by Gasteiger charge is 2.05. The lowest BCUT2D eigenvalue weighted by Crippen LogP contribution is -2.23. The summed E-state index contributed by atoms with van der Waals surface area (Å²) < 4.78 is 0.